The highest BCUT2D eigenvalue weighted by atomic mass is 19.1. The lowest BCUT2D eigenvalue weighted by Gasteiger charge is -2.13. The van der Waals surface area contributed by atoms with E-state index >= 15 is 0 Å². The summed E-state index contributed by atoms with van der Waals surface area (Å²) in [5.41, 5.74) is 2.54. The highest BCUT2D eigenvalue weighted by molar-refractivity contribution is 5.31. The molecule has 2 rings (SSSR count). The quantitative estimate of drug-likeness (QED) is 0.913. The maximum atomic E-state index is 12.8. The van der Waals surface area contributed by atoms with Crippen LogP contribution in [0.1, 0.15) is 29.8 Å². The molecule has 1 atom stereocenters. The van der Waals surface area contributed by atoms with Gasteiger partial charge in [-0.15, -0.1) is 0 Å². The predicted octanol–water partition coefficient (Wildman–Crippen LogP) is 2.94. The average Bonchev–Trinajstić information content (AvgIpc) is 2.46. The Morgan fingerprint density at radius 3 is 2.58 bits per heavy atom. The molecule has 3 nitrogen and oxygen atoms in total. The van der Waals surface area contributed by atoms with Gasteiger partial charge in [0.05, 0.1) is 23.5 Å². The summed E-state index contributed by atoms with van der Waals surface area (Å²) in [5.74, 6) is -0.331. The summed E-state index contributed by atoms with van der Waals surface area (Å²) < 4.78 is 12.8. The Labute approximate surface area is 111 Å². The fourth-order valence-corrected chi connectivity index (χ4v) is 1.72. The number of nitrogens with one attached hydrogen (secondary N) is 1. The van der Waals surface area contributed by atoms with Crippen LogP contribution in [0.5, 0.6) is 0 Å². The van der Waals surface area contributed by atoms with Crippen LogP contribution in [-0.2, 0) is 6.54 Å². The van der Waals surface area contributed by atoms with Crippen LogP contribution in [0.15, 0.2) is 42.6 Å². The zero-order chi connectivity index (χ0) is 13.7. The lowest BCUT2D eigenvalue weighted by atomic mass is 10.1. The molecule has 1 N–H and O–H groups in total. The molecular weight excluding hydrogens is 241 g/mol. The van der Waals surface area contributed by atoms with Gasteiger partial charge in [0.1, 0.15) is 5.82 Å². The van der Waals surface area contributed by atoms with Gasteiger partial charge >= 0.3 is 0 Å². The third-order valence-electron chi connectivity index (χ3n) is 2.89. The van der Waals surface area contributed by atoms with E-state index in [1.54, 1.807) is 18.2 Å². The van der Waals surface area contributed by atoms with Crippen molar-refractivity contribution in [2.75, 3.05) is 0 Å². The van der Waals surface area contributed by atoms with Gasteiger partial charge in [0, 0.05) is 12.6 Å². The van der Waals surface area contributed by atoms with E-state index in [9.17, 15) is 4.39 Å². The lowest BCUT2D eigenvalue weighted by Crippen LogP contribution is -2.19. The van der Waals surface area contributed by atoms with E-state index in [1.165, 1.54) is 12.3 Å². The number of hydrogen-bond acceptors (Lipinski definition) is 3. The van der Waals surface area contributed by atoms with Gasteiger partial charge in [0.15, 0.2) is 0 Å². The summed E-state index contributed by atoms with van der Waals surface area (Å²) in [6.07, 6.45) is 1.22. The first-order valence-corrected chi connectivity index (χ1v) is 6.03. The molecule has 0 aliphatic carbocycles. The van der Waals surface area contributed by atoms with E-state index < -0.39 is 0 Å². The van der Waals surface area contributed by atoms with Gasteiger partial charge in [-0.3, -0.25) is 4.98 Å². The molecule has 0 amide bonds. The monoisotopic (exact) mass is 255 g/mol. The third kappa shape index (κ3) is 3.60. The number of nitriles is 1. The largest absolute Gasteiger partial charge is 0.305 e. The molecule has 1 aromatic heterocycles. The summed E-state index contributed by atoms with van der Waals surface area (Å²) in [4.78, 5) is 4.04. The Balaban J connectivity index is 1.94. The van der Waals surface area contributed by atoms with Gasteiger partial charge in [-0.2, -0.15) is 5.26 Å². The Bertz CT molecular complexity index is 570. The van der Waals surface area contributed by atoms with Crippen LogP contribution >= 0.6 is 0 Å². The Morgan fingerprint density at radius 1 is 1.26 bits per heavy atom. The maximum Gasteiger partial charge on any atom is 0.141 e. The Kier molecular flexibility index (Phi) is 4.22. The van der Waals surface area contributed by atoms with E-state index in [1.807, 2.05) is 19.1 Å². The van der Waals surface area contributed by atoms with Crippen LogP contribution in [0.25, 0.3) is 0 Å². The van der Waals surface area contributed by atoms with Crippen molar-refractivity contribution in [3.05, 3.63) is 65.2 Å². The van der Waals surface area contributed by atoms with E-state index in [2.05, 4.69) is 16.4 Å². The topological polar surface area (TPSA) is 48.7 Å². The predicted molar refractivity (Wildman–Crippen MR) is 70.6 cm³/mol. The maximum absolute atomic E-state index is 12.8. The molecule has 19 heavy (non-hydrogen) atoms. The van der Waals surface area contributed by atoms with Crippen LogP contribution in [-0.4, -0.2) is 4.98 Å². The smallest absolute Gasteiger partial charge is 0.141 e. The standard InChI is InChI=1S/C15H14FN3/c1-11(15-7-6-14(16)10-19-15)18-9-13-4-2-12(8-17)3-5-13/h2-7,10-11,18H,9H2,1H3. The van der Waals surface area contributed by atoms with E-state index in [-0.39, 0.29) is 11.9 Å². The molecule has 0 saturated carbocycles. The van der Waals surface area contributed by atoms with Gasteiger partial charge in [-0.05, 0) is 36.8 Å². The van der Waals surface area contributed by atoms with Crippen molar-refractivity contribution in [1.29, 1.82) is 5.26 Å². The molecular formula is C15H14FN3. The molecule has 1 unspecified atom stereocenters. The fourth-order valence-electron chi connectivity index (χ4n) is 1.72. The van der Waals surface area contributed by atoms with Crippen LogP contribution in [0.4, 0.5) is 4.39 Å². The second-order valence-corrected chi connectivity index (χ2v) is 4.31. The van der Waals surface area contributed by atoms with Gasteiger partial charge in [-0.1, -0.05) is 12.1 Å². The normalized spacial score (nSPS) is 11.8. The van der Waals surface area contributed by atoms with Crippen molar-refractivity contribution in [3.8, 4) is 6.07 Å². The van der Waals surface area contributed by atoms with Gasteiger partial charge in [0.25, 0.3) is 0 Å². The Morgan fingerprint density at radius 2 is 2.00 bits per heavy atom. The summed E-state index contributed by atoms with van der Waals surface area (Å²) in [5, 5.41) is 12.0. The highest BCUT2D eigenvalue weighted by Gasteiger charge is 2.06. The minimum atomic E-state index is -0.331. The van der Waals surface area contributed by atoms with Crippen molar-refractivity contribution in [1.82, 2.24) is 10.3 Å². The van der Waals surface area contributed by atoms with Crippen LogP contribution < -0.4 is 5.32 Å². The van der Waals surface area contributed by atoms with Gasteiger partial charge in [0.2, 0.25) is 0 Å². The number of hydrogen-bond donors (Lipinski definition) is 1. The summed E-state index contributed by atoms with van der Waals surface area (Å²) >= 11 is 0. The third-order valence-corrected chi connectivity index (χ3v) is 2.89. The molecule has 0 radical (unpaired) electrons. The fraction of sp³-hybridized carbons (Fsp3) is 0.200. The molecule has 0 aliphatic rings. The number of nitrogens with zero attached hydrogens (tertiary/aromatic N) is 2. The van der Waals surface area contributed by atoms with Crippen molar-refractivity contribution in [3.63, 3.8) is 0 Å². The van der Waals surface area contributed by atoms with Gasteiger partial charge < -0.3 is 5.32 Å². The number of halogens is 1. The molecule has 0 saturated heterocycles. The summed E-state index contributed by atoms with van der Waals surface area (Å²) in [6.45, 7) is 2.65. The van der Waals surface area contributed by atoms with Gasteiger partial charge in [-0.25, -0.2) is 4.39 Å². The van der Waals surface area contributed by atoms with Crippen molar-refractivity contribution >= 4 is 0 Å². The average molecular weight is 255 g/mol. The molecule has 4 heteroatoms. The molecule has 0 bridgehead atoms. The lowest BCUT2D eigenvalue weighted by molar-refractivity contribution is 0.554. The summed E-state index contributed by atoms with van der Waals surface area (Å²) in [7, 11) is 0. The van der Waals surface area contributed by atoms with Crippen molar-refractivity contribution < 1.29 is 4.39 Å². The Hall–Kier alpha value is -2.25. The minimum absolute atomic E-state index is 0.0382. The SMILES string of the molecule is CC(NCc1ccc(C#N)cc1)c1ccc(F)cn1. The number of pyridine rings is 1. The second-order valence-electron chi connectivity index (χ2n) is 4.31. The zero-order valence-electron chi connectivity index (χ0n) is 10.6. The van der Waals surface area contributed by atoms with Crippen molar-refractivity contribution in [2.45, 2.75) is 19.5 Å². The van der Waals surface area contributed by atoms with E-state index in [0.29, 0.717) is 12.1 Å². The highest BCUT2D eigenvalue weighted by Crippen LogP contribution is 2.11. The van der Waals surface area contributed by atoms with E-state index in [4.69, 9.17) is 5.26 Å². The molecule has 1 heterocycles. The first-order chi connectivity index (χ1) is 9.19. The molecule has 2 aromatic rings. The number of benzene rings is 1. The number of rotatable bonds is 4. The number of aromatic nitrogens is 1. The molecule has 0 aliphatic heterocycles. The first kappa shape index (κ1) is 13.2. The molecule has 1 aromatic carbocycles. The minimum Gasteiger partial charge on any atom is -0.305 e. The molecule has 0 fully saturated rings. The second kappa shape index (κ2) is 6.07. The first-order valence-electron chi connectivity index (χ1n) is 6.03. The van der Waals surface area contributed by atoms with Crippen molar-refractivity contribution in [2.24, 2.45) is 0 Å². The van der Waals surface area contributed by atoms with Crippen LogP contribution in [0, 0.1) is 17.1 Å². The molecule has 0 spiro atoms. The van der Waals surface area contributed by atoms with Crippen LogP contribution in [0.3, 0.4) is 0 Å². The zero-order valence-corrected chi connectivity index (χ0v) is 10.6. The summed E-state index contributed by atoms with van der Waals surface area (Å²) in [6, 6.07) is 12.6. The molecule has 96 valence electrons. The van der Waals surface area contributed by atoms with Crippen LogP contribution in [0.2, 0.25) is 0 Å². The van der Waals surface area contributed by atoms with E-state index in [0.717, 1.165) is 11.3 Å².